The van der Waals surface area contributed by atoms with Crippen LogP contribution in [-0.4, -0.2) is 28.2 Å². The van der Waals surface area contributed by atoms with Crippen molar-refractivity contribution in [1.82, 2.24) is 0 Å². The van der Waals surface area contributed by atoms with Crippen molar-refractivity contribution in [1.29, 1.82) is 0 Å². The minimum absolute atomic E-state index is 0.173. The van der Waals surface area contributed by atoms with E-state index in [0.717, 1.165) is 5.57 Å². The molecule has 0 aliphatic heterocycles. The van der Waals surface area contributed by atoms with Gasteiger partial charge in [0.25, 0.3) is 0 Å². The summed E-state index contributed by atoms with van der Waals surface area (Å²) in [6, 6.07) is 14.7. The number of nitrogens with two attached hydrogens (primary N) is 2. The fourth-order valence-electron chi connectivity index (χ4n) is 4.19. The standard InChI is InChI=1S/C26H33NO2.C7H6O2.CH4N2O2/c1-19(11-16-24-21(3)10-7-17-26(24,4)5)8-6-9-20(2)18-25(29)27-22-12-14-23(28)15-13-22;8-7(9)6-4-2-1-3-5-6;2-1(4)5-3/h6,8-9,11-16,18,28H,7,10,17H2,1-5H3,(H,27,29);1-5H,(H,8,9);3H2,(H2,2,4)/b9-6+,16-11+,19-8+,20-18+;;. The van der Waals surface area contributed by atoms with Crippen LogP contribution in [0, 0.1) is 5.41 Å². The van der Waals surface area contributed by atoms with Gasteiger partial charge < -0.3 is 26.1 Å². The molecule has 0 saturated heterocycles. The highest BCUT2D eigenvalue weighted by Crippen LogP contribution is 2.40. The lowest BCUT2D eigenvalue weighted by Crippen LogP contribution is -2.19. The molecule has 2 aromatic rings. The summed E-state index contributed by atoms with van der Waals surface area (Å²) < 4.78 is 0. The summed E-state index contributed by atoms with van der Waals surface area (Å²) in [6.45, 7) is 10.9. The van der Waals surface area contributed by atoms with Crippen LogP contribution >= 0.6 is 0 Å². The Labute approximate surface area is 253 Å². The Morgan fingerprint density at radius 1 is 0.977 bits per heavy atom. The van der Waals surface area contributed by atoms with E-state index in [9.17, 15) is 19.5 Å². The molecule has 3 rings (SSSR count). The number of benzene rings is 2. The number of carboxylic acid groups (broad SMARTS) is 1. The van der Waals surface area contributed by atoms with E-state index >= 15 is 0 Å². The van der Waals surface area contributed by atoms with Crippen LogP contribution in [0.1, 0.15) is 64.2 Å². The van der Waals surface area contributed by atoms with Crippen LogP contribution in [0.5, 0.6) is 5.75 Å². The van der Waals surface area contributed by atoms with Gasteiger partial charge in [0.05, 0.1) is 5.56 Å². The number of nitrogens with one attached hydrogen (secondary N) is 1. The summed E-state index contributed by atoms with van der Waals surface area (Å²) in [5, 5.41) is 20.4. The Balaban J connectivity index is 0.000000540. The first-order valence-corrected chi connectivity index (χ1v) is 13.7. The molecule has 2 aromatic carbocycles. The highest BCUT2D eigenvalue weighted by atomic mass is 16.7. The third kappa shape index (κ3) is 15.1. The van der Waals surface area contributed by atoms with Crippen LogP contribution in [-0.2, 0) is 9.63 Å². The quantitative estimate of drug-likeness (QED) is 0.0985. The molecule has 230 valence electrons. The van der Waals surface area contributed by atoms with Gasteiger partial charge in [-0.15, -0.1) is 0 Å². The summed E-state index contributed by atoms with van der Waals surface area (Å²) in [7, 11) is 0. The minimum atomic E-state index is -0.968. The van der Waals surface area contributed by atoms with Gasteiger partial charge in [-0.1, -0.05) is 73.6 Å². The highest BCUT2D eigenvalue weighted by molar-refractivity contribution is 6.00. The van der Waals surface area contributed by atoms with E-state index in [-0.39, 0.29) is 17.1 Å². The zero-order chi connectivity index (χ0) is 32.4. The molecular weight excluding hydrogens is 546 g/mol. The zero-order valence-corrected chi connectivity index (χ0v) is 25.5. The van der Waals surface area contributed by atoms with Crippen molar-refractivity contribution in [2.24, 2.45) is 17.0 Å². The SMILES string of the molecule is CC1=C(/C=C/C(C)=C/C=C/C(C)=C/C(=O)Nc2ccc(O)cc2)C(C)(C)CCC1.NOC(N)=O.O=C(O)c1ccccc1. The molecule has 0 heterocycles. The second-order valence-corrected chi connectivity index (χ2v) is 10.6. The second-order valence-electron chi connectivity index (χ2n) is 10.6. The number of carbonyl (C=O) groups excluding carboxylic acids is 2. The molecule has 0 spiro atoms. The Kier molecular flexibility index (Phi) is 15.6. The van der Waals surface area contributed by atoms with Crippen molar-refractivity contribution in [2.45, 2.75) is 53.9 Å². The van der Waals surface area contributed by atoms with Crippen molar-refractivity contribution in [3.63, 3.8) is 0 Å². The molecule has 1 aliphatic rings. The van der Waals surface area contributed by atoms with Gasteiger partial charge in [0.2, 0.25) is 5.91 Å². The van der Waals surface area contributed by atoms with Crippen LogP contribution < -0.4 is 16.9 Å². The van der Waals surface area contributed by atoms with Crippen LogP contribution in [0.3, 0.4) is 0 Å². The summed E-state index contributed by atoms with van der Waals surface area (Å²) in [6.07, 6.45) is 14.7. The monoisotopic (exact) mass is 589 g/mol. The molecule has 9 nitrogen and oxygen atoms in total. The number of primary amides is 1. The van der Waals surface area contributed by atoms with Crippen molar-refractivity contribution in [3.8, 4) is 5.75 Å². The number of anilines is 1. The van der Waals surface area contributed by atoms with E-state index in [2.05, 4.69) is 67.7 Å². The number of aromatic hydroxyl groups is 1. The first-order valence-electron chi connectivity index (χ1n) is 13.7. The van der Waals surface area contributed by atoms with Gasteiger partial charge in [0.1, 0.15) is 5.75 Å². The Hall–Kier alpha value is -4.89. The van der Waals surface area contributed by atoms with Crippen molar-refractivity contribution in [2.75, 3.05) is 5.32 Å². The molecule has 0 bridgehead atoms. The number of rotatable bonds is 7. The molecule has 0 saturated carbocycles. The average Bonchev–Trinajstić information content (AvgIpc) is 2.94. The maximum absolute atomic E-state index is 12.1. The maximum Gasteiger partial charge on any atom is 0.423 e. The Morgan fingerprint density at radius 2 is 1.58 bits per heavy atom. The van der Waals surface area contributed by atoms with Gasteiger partial charge >= 0.3 is 12.1 Å². The number of phenols is 1. The van der Waals surface area contributed by atoms with Crippen molar-refractivity contribution < 1.29 is 29.4 Å². The number of allylic oxidation sites excluding steroid dienone is 9. The summed E-state index contributed by atoms with van der Waals surface area (Å²) >= 11 is 0. The molecule has 0 unspecified atom stereocenters. The van der Waals surface area contributed by atoms with Crippen LogP contribution in [0.2, 0.25) is 0 Å². The van der Waals surface area contributed by atoms with E-state index in [1.54, 1.807) is 60.7 Å². The molecule has 2 amide bonds. The maximum atomic E-state index is 12.1. The normalized spacial score (nSPS) is 14.7. The van der Waals surface area contributed by atoms with Gasteiger partial charge in [-0.2, -0.15) is 5.90 Å². The first kappa shape index (κ1) is 36.1. The predicted octanol–water partition coefficient (Wildman–Crippen LogP) is 7.20. The topological polar surface area (TPSA) is 165 Å². The number of carbonyl (C=O) groups is 3. The molecule has 0 aromatic heterocycles. The lowest BCUT2D eigenvalue weighted by Gasteiger charge is -2.32. The third-order valence-corrected chi connectivity index (χ3v) is 6.40. The second kappa shape index (κ2) is 18.5. The molecule has 0 radical (unpaired) electrons. The van der Waals surface area contributed by atoms with Crippen molar-refractivity contribution in [3.05, 3.63) is 119 Å². The number of aromatic carboxylic acids is 1. The minimum Gasteiger partial charge on any atom is -0.508 e. The smallest absolute Gasteiger partial charge is 0.423 e. The molecule has 9 heteroatoms. The van der Waals surface area contributed by atoms with Crippen molar-refractivity contribution >= 4 is 23.7 Å². The van der Waals surface area contributed by atoms with Crippen LogP contribution in [0.15, 0.2) is 113 Å². The Morgan fingerprint density at radius 3 is 2.09 bits per heavy atom. The summed E-state index contributed by atoms with van der Waals surface area (Å²) in [5.41, 5.74) is 10.5. The zero-order valence-electron chi connectivity index (χ0n) is 25.5. The highest BCUT2D eigenvalue weighted by Gasteiger charge is 2.26. The molecule has 43 heavy (non-hydrogen) atoms. The molecule has 0 fully saturated rings. The number of phenolic OH excluding ortho intramolecular Hbond substituents is 1. The van der Waals surface area contributed by atoms with Gasteiger partial charge in [-0.25, -0.2) is 9.59 Å². The van der Waals surface area contributed by atoms with E-state index in [1.807, 2.05) is 19.1 Å². The van der Waals surface area contributed by atoms with E-state index < -0.39 is 12.1 Å². The summed E-state index contributed by atoms with van der Waals surface area (Å²) in [5.74, 6) is 3.30. The van der Waals surface area contributed by atoms with Gasteiger partial charge in [-0.3, -0.25) is 4.79 Å². The fourth-order valence-corrected chi connectivity index (χ4v) is 4.19. The number of carboxylic acids is 1. The van der Waals surface area contributed by atoms with Gasteiger partial charge in [0.15, 0.2) is 0 Å². The van der Waals surface area contributed by atoms with E-state index in [1.165, 1.54) is 36.0 Å². The van der Waals surface area contributed by atoms with Gasteiger partial charge in [-0.05, 0) is 93.0 Å². The lowest BCUT2D eigenvalue weighted by atomic mass is 9.72. The number of hydrogen-bond acceptors (Lipinski definition) is 6. The van der Waals surface area contributed by atoms with E-state index in [4.69, 9.17) is 5.11 Å². The fraction of sp³-hybridized carbons (Fsp3) is 0.265. The average molecular weight is 590 g/mol. The van der Waals surface area contributed by atoms with Crippen LogP contribution in [0.4, 0.5) is 10.5 Å². The number of hydrogen-bond donors (Lipinski definition) is 5. The lowest BCUT2D eigenvalue weighted by molar-refractivity contribution is -0.111. The largest absolute Gasteiger partial charge is 0.508 e. The van der Waals surface area contributed by atoms with E-state index in [0.29, 0.717) is 11.3 Å². The van der Waals surface area contributed by atoms with Gasteiger partial charge in [0, 0.05) is 11.8 Å². The molecular formula is C34H43N3O6. The Bertz CT molecular complexity index is 1370. The predicted molar refractivity (Wildman–Crippen MR) is 171 cm³/mol. The molecule has 7 N–H and O–H groups in total. The first-order chi connectivity index (χ1) is 20.2. The number of amides is 2. The third-order valence-electron chi connectivity index (χ3n) is 6.40. The molecule has 0 atom stereocenters. The molecule has 1 aliphatic carbocycles. The summed E-state index contributed by atoms with van der Waals surface area (Å²) in [4.78, 5) is 34.9. The van der Waals surface area contributed by atoms with Crippen LogP contribution in [0.25, 0.3) is 0 Å².